The van der Waals surface area contributed by atoms with Gasteiger partial charge in [-0.1, -0.05) is 6.92 Å². The molecule has 7 heteroatoms. The van der Waals surface area contributed by atoms with Crippen molar-refractivity contribution in [2.45, 2.75) is 45.8 Å². The molecule has 0 amide bonds. The molecule has 2 unspecified atom stereocenters. The van der Waals surface area contributed by atoms with Crippen LogP contribution in [0.1, 0.15) is 33.6 Å². The van der Waals surface area contributed by atoms with Gasteiger partial charge < -0.3 is 20.1 Å². The van der Waals surface area contributed by atoms with Crippen LogP contribution in [0, 0.1) is 0 Å². The summed E-state index contributed by atoms with van der Waals surface area (Å²) in [6.45, 7) is 8.20. The summed E-state index contributed by atoms with van der Waals surface area (Å²) >= 11 is 0. The molecule has 1 fully saturated rings. The first-order valence-corrected chi connectivity index (χ1v) is 7.23. The predicted molar refractivity (Wildman–Crippen MR) is 77.2 cm³/mol. The molecule has 20 heavy (non-hydrogen) atoms. The molecule has 0 aliphatic carbocycles. The summed E-state index contributed by atoms with van der Waals surface area (Å²) < 4.78 is 11.0. The van der Waals surface area contributed by atoms with Gasteiger partial charge in [0.1, 0.15) is 0 Å². The Balaban J connectivity index is 2.10. The van der Waals surface area contributed by atoms with Crippen molar-refractivity contribution in [2.24, 2.45) is 0 Å². The summed E-state index contributed by atoms with van der Waals surface area (Å²) in [5.41, 5.74) is 0. The lowest BCUT2D eigenvalue weighted by molar-refractivity contribution is 0.121. The third kappa shape index (κ3) is 3.93. The van der Waals surface area contributed by atoms with Gasteiger partial charge in [0.05, 0.1) is 18.8 Å². The Hall–Kier alpha value is -1.63. The number of nitrogens with zero attached hydrogens (tertiary/aromatic N) is 3. The minimum absolute atomic E-state index is 0.161. The lowest BCUT2D eigenvalue weighted by Crippen LogP contribution is -2.28. The molecule has 2 heterocycles. The van der Waals surface area contributed by atoms with E-state index in [0.717, 1.165) is 26.0 Å². The molecule has 0 bridgehead atoms. The first-order valence-electron chi connectivity index (χ1n) is 7.23. The minimum atomic E-state index is 0.161. The molecular weight excluding hydrogens is 258 g/mol. The summed E-state index contributed by atoms with van der Waals surface area (Å²) in [5, 5.41) is 6.39. The van der Waals surface area contributed by atoms with Crippen LogP contribution in [0.15, 0.2) is 0 Å². The van der Waals surface area contributed by atoms with E-state index in [0.29, 0.717) is 24.5 Å². The van der Waals surface area contributed by atoms with E-state index in [1.807, 2.05) is 20.8 Å². The molecule has 0 saturated carbocycles. The third-order valence-corrected chi connectivity index (χ3v) is 3.08. The van der Waals surface area contributed by atoms with Crippen LogP contribution >= 0.6 is 0 Å². The Morgan fingerprint density at radius 3 is 2.70 bits per heavy atom. The lowest BCUT2D eigenvalue weighted by atomic mass is 10.2. The molecule has 2 atom stereocenters. The Kier molecular flexibility index (Phi) is 5.34. The first-order chi connectivity index (χ1) is 9.72. The van der Waals surface area contributed by atoms with Gasteiger partial charge in [-0.3, -0.25) is 0 Å². The molecule has 1 aliphatic heterocycles. The van der Waals surface area contributed by atoms with Gasteiger partial charge in [0.2, 0.25) is 11.9 Å². The van der Waals surface area contributed by atoms with Crippen LogP contribution in [0.5, 0.6) is 6.01 Å². The zero-order chi connectivity index (χ0) is 14.4. The number of hydrogen-bond donors (Lipinski definition) is 2. The maximum atomic E-state index is 5.53. The standard InChI is InChI=1S/C13H23N5O2/c1-4-7-20-13-17-11(14-5-2)16-12(18-13)15-10-6-8-19-9(10)3/h9-10H,4-8H2,1-3H3,(H2,14,15,16,17,18). The maximum Gasteiger partial charge on any atom is 0.323 e. The average molecular weight is 281 g/mol. The summed E-state index contributed by atoms with van der Waals surface area (Å²) in [6.07, 6.45) is 2.03. The fourth-order valence-corrected chi connectivity index (χ4v) is 2.00. The van der Waals surface area contributed by atoms with E-state index < -0.39 is 0 Å². The highest BCUT2D eigenvalue weighted by atomic mass is 16.5. The van der Waals surface area contributed by atoms with E-state index in [9.17, 15) is 0 Å². The Bertz CT molecular complexity index is 429. The summed E-state index contributed by atoms with van der Waals surface area (Å²) in [6, 6.07) is 0.581. The molecule has 1 aromatic heterocycles. The SMILES string of the molecule is CCCOc1nc(NCC)nc(NC2CCOC2C)n1. The molecule has 1 aliphatic rings. The van der Waals surface area contributed by atoms with Crippen molar-refractivity contribution in [3.63, 3.8) is 0 Å². The molecule has 2 N–H and O–H groups in total. The highest BCUT2D eigenvalue weighted by Crippen LogP contribution is 2.18. The van der Waals surface area contributed by atoms with Crippen molar-refractivity contribution in [3.8, 4) is 6.01 Å². The summed E-state index contributed by atoms with van der Waals surface area (Å²) in [7, 11) is 0. The number of nitrogens with one attached hydrogen (secondary N) is 2. The van der Waals surface area contributed by atoms with Crippen molar-refractivity contribution in [2.75, 3.05) is 30.4 Å². The first kappa shape index (κ1) is 14.8. The van der Waals surface area contributed by atoms with Gasteiger partial charge in [0.15, 0.2) is 0 Å². The quantitative estimate of drug-likeness (QED) is 0.787. The van der Waals surface area contributed by atoms with Gasteiger partial charge in [-0.25, -0.2) is 0 Å². The van der Waals surface area contributed by atoms with Crippen LogP contribution in [0.25, 0.3) is 0 Å². The van der Waals surface area contributed by atoms with Gasteiger partial charge in [-0.2, -0.15) is 15.0 Å². The van der Waals surface area contributed by atoms with Gasteiger partial charge in [0, 0.05) is 13.2 Å². The van der Waals surface area contributed by atoms with Crippen molar-refractivity contribution in [1.29, 1.82) is 0 Å². The van der Waals surface area contributed by atoms with E-state index >= 15 is 0 Å². The van der Waals surface area contributed by atoms with Crippen LogP contribution in [0.2, 0.25) is 0 Å². The van der Waals surface area contributed by atoms with Crippen molar-refractivity contribution in [1.82, 2.24) is 15.0 Å². The number of rotatable bonds is 7. The molecule has 1 saturated heterocycles. The summed E-state index contributed by atoms with van der Waals surface area (Å²) in [5.74, 6) is 1.06. The van der Waals surface area contributed by atoms with Gasteiger partial charge >= 0.3 is 6.01 Å². The zero-order valence-electron chi connectivity index (χ0n) is 12.3. The topological polar surface area (TPSA) is 81.2 Å². The van der Waals surface area contributed by atoms with Crippen LogP contribution in [-0.2, 0) is 4.74 Å². The smallest absolute Gasteiger partial charge is 0.323 e. The van der Waals surface area contributed by atoms with Crippen LogP contribution in [-0.4, -0.2) is 46.9 Å². The normalized spacial score (nSPS) is 21.8. The number of aromatic nitrogens is 3. The van der Waals surface area contributed by atoms with Gasteiger partial charge in [-0.15, -0.1) is 0 Å². The molecule has 2 rings (SSSR count). The number of hydrogen-bond acceptors (Lipinski definition) is 7. The van der Waals surface area contributed by atoms with Crippen LogP contribution in [0.4, 0.5) is 11.9 Å². The maximum absolute atomic E-state index is 5.53. The molecular formula is C13H23N5O2. The number of anilines is 2. The highest BCUT2D eigenvalue weighted by Gasteiger charge is 2.25. The van der Waals surface area contributed by atoms with E-state index in [1.165, 1.54) is 0 Å². The largest absolute Gasteiger partial charge is 0.463 e. The Labute approximate surface area is 119 Å². The second kappa shape index (κ2) is 7.23. The third-order valence-electron chi connectivity index (χ3n) is 3.08. The van der Waals surface area contributed by atoms with Crippen molar-refractivity contribution >= 4 is 11.9 Å². The fraction of sp³-hybridized carbons (Fsp3) is 0.769. The number of ether oxygens (including phenoxy) is 2. The molecule has 1 aromatic rings. The van der Waals surface area contributed by atoms with Crippen LogP contribution in [0.3, 0.4) is 0 Å². The Morgan fingerprint density at radius 1 is 1.25 bits per heavy atom. The van der Waals surface area contributed by atoms with Crippen molar-refractivity contribution in [3.05, 3.63) is 0 Å². The van der Waals surface area contributed by atoms with Gasteiger partial charge in [-0.05, 0) is 26.7 Å². The van der Waals surface area contributed by atoms with Crippen LogP contribution < -0.4 is 15.4 Å². The molecule has 7 nitrogen and oxygen atoms in total. The predicted octanol–water partition coefficient (Wildman–Crippen LogP) is 1.68. The van der Waals surface area contributed by atoms with E-state index in [4.69, 9.17) is 9.47 Å². The summed E-state index contributed by atoms with van der Waals surface area (Å²) in [4.78, 5) is 12.9. The van der Waals surface area contributed by atoms with E-state index in [1.54, 1.807) is 0 Å². The highest BCUT2D eigenvalue weighted by molar-refractivity contribution is 5.36. The molecule has 0 spiro atoms. The second-order valence-corrected chi connectivity index (χ2v) is 4.76. The van der Waals surface area contributed by atoms with Gasteiger partial charge in [0.25, 0.3) is 0 Å². The minimum Gasteiger partial charge on any atom is -0.463 e. The second-order valence-electron chi connectivity index (χ2n) is 4.76. The fourth-order valence-electron chi connectivity index (χ4n) is 2.00. The molecule has 0 radical (unpaired) electrons. The molecule has 112 valence electrons. The van der Waals surface area contributed by atoms with Crippen molar-refractivity contribution < 1.29 is 9.47 Å². The zero-order valence-corrected chi connectivity index (χ0v) is 12.3. The monoisotopic (exact) mass is 281 g/mol. The van der Waals surface area contributed by atoms with E-state index in [-0.39, 0.29) is 12.1 Å². The Morgan fingerprint density at radius 2 is 2.05 bits per heavy atom. The lowest BCUT2D eigenvalue weighted by Gasteiger charge is -2.16. The molecule has 0 aromatic carbocycles. The average Bonchev–Trinajstić information content (AvgIpc) is 2.82. The van der Waals surface area contributed by atoms with E-state index in [2.05, 4.69) is 25.6 Å².